The van der Waals surface area contributed by atoms with Gasteiger partial charge < -0.3 is 11.5 Å². The summed E-state index contributed by atoms with van der Waals surface area (Å²) >= 11 is 12.3. The summed E-state index contributed by atoms with van der Waals surface area (Å²) in [7, 11) is 0. The lowest BCUT2D eigenvalue weighted by molar-refractivity contribution is 0.612. The summed E-state index contributed by atoms with van der Waals surface area (Å²) < 4.78 is 13.9. The van der Waals surface area contributed by atoms with Gasteiger partial charge in [0.05, 0.1) is 10.7 Å². The van der Waals surface area contributed by atoms with E-state index in [1.54, 1.807) is 36.4 Å². The first-order valence-electron chi connectivity index (χ1n) is 7.53. The number of aromatic nitrogens is 2. The van der Waals surface area contributed by atoms with Crippen LogP contribution in [-0.2, 0) is 13.0 Å². The molecule has 0 fully saturated rings. The number of rotatable bonds is 4. The van der Waals surface area contributed by atoms with Gasteiger partial charge in [0.25, 0.3) is 0 Å². The van der Waals surface area contributed by atoms with Gasteiger partial charge in [0.1, 0.15) is 17.5 Å². The first-order chi connectivity index (χ1) is 12.0. The second-order valence-electron chi connectivity index (χ2n) is 5.45. The van der Waals surface area contributed by atoms with E-state index in [1.165, 1.54) is 6.07 Å². The largest absolute Gasteiger partial charge is 0.383 e. The van der Waals surface area contributed by atoms with Gasteiger partial charge in [-0.25, -0.2) is 14.4 Å². The van der Waals surface area contributed by atoms with Crippen molar-refractivity contribution in [2.24, 2.45) is 5.73 Å². The van der Waals surface area contributed by atoms with E-state index in [-0.39, 0.29) is 24.6 Å². The van der Waals surface area contributed by atoms with Crippen molar-refractivity contribution in [2.45, 2.75) is 13.0 Å². The Bertz CT molecular complexity index is 931. The molecule has 0 amide bonds. The van der Waals surface area contributed by atoms with Gasteiger partial charge in [-0.15, -0.1) is 0 Å². The van der Waals surface area contributed by atoms with E-state index in [0.717, 1.165) is 0 Å². The number of anilines is 1. The molecule has 3 aromatic rings. The molecule has 0 spiro atoms. The lowest BCUT2D eigenvalue weighted by Crippen LogP contribution is -2.11. The van der Waals surface area contributed by atoms with Crippen molar-refractivity contribution in [3.63, 3.8) is 0 Å². The van der Waals surface area contributed by atoms with Crippen molar-refractivity contribution in [1.82, 2.24) is 9.97 Å². The van der Waals surface area contributed by atoms with Crippen LogP contribution in [0.2, 0.25) is 10.0 Å². The van der Waals surface area contributed by atoms with E-state index in [4.69, 9.17) is 34.7 Å². The van der Waals surface area contributed by atoms with Crippen molar-refractivity contribution in [3.8, 4) is 11.3 Å². The summed E-state index contributed by atoms with van der Waals surface area (Å²) in [5, 5.41) is 0.939. The van der Waals surface area contributed by atoms with Crippen molar-refractivity contribution in [3.05, 3.63) is 75.3 Å². The Hall–Kier alpha value is -2.21. The third kappa shape index (κ3) is 3.74. The minimum atomic E-state index is -0.321. The van der Waals surface area contributed by atoms with Gasteiger partial charge in [-0.3, -0.25) is 0 Å². The number of halogens is 3. The van der Waals surface area contributed by atoms with Crippen LogP contribution in [0.4, 0.5) is 10.2 Å². The molecule has 4 nitrogen and oxygen atoms in total. The highest BCUT2D eigenvalue weighted by molar-refractivity contribution is 6.36. The second-order valence-corrected chi connectivity index (χ2v) is 6.29. The maximum absolute atomic E-state index is 13.9. The van der Waals surface area contributed by atoms with E-state index < -0.39 is 0 Å². The predicted octanol–water partition coefficient (Wildman–Crippen LogP) is 4.22. The SMILES string of the molecule is NCc1c(N)nc(Cc2ccccc2F)nc1-c1ccc(Cl)cc1Cl. The van der Waals surface area contributed by atoms with Crippen LogP contribution in [0, 0.1) is 5.82 Å². The zero-order valence-corrected chi connectivity index (χ0v) is 14.7. The molecule has 7 heteroatoms. The Balaban J connectivity index is 2.11. The number of hydrogen-bond donors (Lipinski definition) is 2. The Morgan fingerprint density at radius 3 is 2.48 bits per heavy atom. The molecule has 1 aromatic heterocycles. The van der Waals surface area contributed by atoms with Crippen LogP contribution in [-0.4, -0.2) is 9.97 Å². The van der Waals surface area contributed by atoms with E-state index in [2.05, 4.69) is 9.97 Å². The molecule has 0 radical (unpaired) electrons. The molecule has 3 rings (SSSR count). The molecular weight excluding hydrogens is 362 g/mol. The summed E-state index contributed by atoms with van der Waals surface area (Å²) in [5.41, 5.74) is 14.1. The molecule has 0 saturated heterocycles. The highest BCUT2D eigenvalue weighted by atomic mass is 35.5. The van der Waals surface area contributed by atoms with Gasteiger partial charge in [0.15, 0.2) is 0 Å². The molecule has 1 heterocycles. The molecule has 0 aliphatic carbocycles. The first kappa shape index (κ1) is 17.6. The van der Waals surface area contributed by atoms with E-state index >= 15 is 0 Å². The highest BCUT2D eigenvalue weighted by Crippen LogP contribution is 2.33. The average molecular weight is 377 g/mol. The minimum Gasteiger partial charge on any atom is -0.383 e. The summed E-state index contributed by atoms with van der Waals surface area (Å²) in [5.74, 6) is 0.323. The number of nitrogens with zero attached hydrogens (tertiary/aromatic N) is 2. The number of nitrogen functional groups attached to an aromatic ring is 1. The van der Waals surface area contributed by atoms with Crippen LogP contribution >= 0.6 is 23.2 Å². The lowest BCUT2D eigenvalue weighted by Gasteiger charge is -2.13. The van der Waals surface area contributed by atoms with Gasteiger partial charge >= 0.3 is 0 Å². The monoisotopic (exact) mass is 376 g/mol. The Morgan fingerprint density at radius 1 is 1.04 bits per heavy atom. The molecule has 0 aliphatic rings. The zero-order valence-electron chi connectivity index (χ0n) is 13.1. The van der Waals surface area contributed by atoms with Crippen LogP contribution < -0.4 is 11.5 Å². The summed E-state index contributed by atoms with van der Waals surface area (Å²) in [6, 6.07) is 11.5. The molecule has 0 saturated carbocycles. The van der Waals surface area contributed by atoms with Gasteiger partial charge in [-0.2, -0.15) is 0 Å². The Labute approximate surface area is 154 Å². The molecule has 2 aromatic carbocycles. The van der Waals surface area contributed by atoms with Gasteiger partial charge in [-0.05, 0) is 29.8 Å². The topological polar surface area (TPSA) is 77.8 Å². The fraction of sp³-hybridized carbons (Fsp3) is 0.111. The Morgan fingerprint density at radius 2 is 1.80 bits per heavy atom. The van der Waals surface area contributed by atoms with Crippen molar-refractivity contribution < 1.29 is 4.39 Å². The second kappa shape index (κ2) is 7.35. The zero-order chi connectivity index (χ0) is 18.0. The summed E-state index contributed by atoms with van der Waals surface area (Å²) in [6.45, 7) is 0.153. The number of benzene rings is 2. The van der Waals surface area contributed by atoms with Crippen LogP contribution in [0.1, 0.15) is 17.0 Å². The molecule has 25 heavy (non-hydrogen) atoms. The summed E-state index contributed by atoms with van der Waals surface area (Å²) in [4.78, 5) is 8.80. The summed E-state index contributed by atoms with van der Waals surface area (Å²) in [6.07, 6.45) is 0.208. The van der Waals surface area contributed by atoms with Crippen molar-refractivity contribution in [1.29, 1.82) is 0 Å². The van der Waals surface area contributed by atoms with Crippen LogP contribution in [0.5, 0.6) is 0 Å². The first-order valence-corrected chi connectivity index (χ1v) is 8.29. The number of hydrogen-bond acceptors (Lipinski definition) is 4. The lowest BCUT2D eigenvalue weighted by atomic mass is 10.1. The van der Waals surface area contributed by atoms with E-state index in [1.807, 2.05) is 0 Å². The highest BCUT2D eigenvalue weighted by Gasteiger charge is 2.16. The molecular formula is C18H15Cl2FN4. The van der Waals surface area contributed by atoms with Gasteiger partial charge in [-0.1, -0.05) is 41.4 Å². The Kier molecular flexibility index (Phi) is 5.18. The maximum atomic E-state index is 13.9. The normalized spacial score (nSPS) is 10.9. The van der Waals surface area contributed by atoms with Crippen LogP contribution in [0.15, 0.2) is 42.5 Å². The van der Waals surface area contributed by atoms with E-state index in [9.17, 15) is 4.39 Å². The quantitative estimate of drug-likeness (QED) is 0.714. The fourth-order valence-electron chi connectivity index (χ4n) is 2.55. The predicted molar refractivity (Wildman–Crippen MR) is 99.0 cm³/mol. The third-order valence-corrected chi connectivity index (χ3v) is 4.33. The molecule has 0 aliphatic heterocycles. The standard InChI is InChI=1S/C18H15Cl2FN4/c19-11-5-6-12(14(20)8-11)17-13(9-22)18(23)25-16(24-17)7-10-3-1-2-4-15(10)21/h1-6,8H,7,9,22H2,(H2,23,24,25). The molecule has 128 valence electrons. The molecule has 4 N–H and O–H groups in total. The molecule has 0 unspecified atom stereocenters. The van der Waals surface area contributed by atoms with Crippen molar-refractivity contribution >= 4 is 29.0 Å². The maximum Gasteiger partial charge on any atom is 0.135 e. The van der Waals surface area contributed by atoms with Crippen LogP contribution in [0.25, 0.3) is 11.3 Å². The number of nitrogens with two attached hydrogens (primary N) is 2. The van der Waals surface area contributed by atoms with Crippen LogP contribution in [0.3, 0.4) is 0 Å². The fourth-order valence-corrected chi connectivity index (χ4v) is 3.04. The minimum absolute atomic E-state index is 0.153. The smallest absolute Gasteiger partial charge is 0.135 e. The van der Waals surface area contributed by atoms with Crippen molar-refractivity contribution in [2.75, 3.05) is 5.73 Å². The third-order valence-electron chi connectivity index (χ3n) is 3.78. The van der Waals surface area contributed by atoms with Gasteiger partial charge in [0.2, 0.25) is 0 Å². The van der Waals surface area contributed by atoms with Gasteiger partial charge in [0, 0.05) is 29.1 Å². The molecule has 0 atom stereocenters. The average Bonchev–Trinajstić information content (AvgIpc) is 2.56. The molecule has 0 bridgehead atoms. The van der Waals surface area contributed by atoms with E-state index in [0.29, 0.717) is 38.3 Å².